The summed E-state index contributed by atoms with van der Waals surface area (Å²) in [7, 11) is 0. The van der Waals surface area contributed by atoms with Crippen molar-refractivity contribution in [2.24, 2.45) is 0 Å². The van der Waals surface area contributed by atoms with Crippen LogP contribution in [0.3, 0.4) is 0 Å². The average Bonchev–Trinajstić information content (AvgIpc) is 1.63. The number of imidazole rings is 5. The van der Waals surface area contributed by atoms with E-state index in [0.29, 0.717) is 41.0 Å². The smallest absolute Gasteiger partial charge is 0.870 e. The summed E-state index contributed by atoms with van der Waals surface area (Å²) in [6, 6.07) is 17.4. The van der Waals surface area contributed by atoms with Gasteiger partial charge in [-0.15, -0.1) is 13.2 Å². The minimum absolute atomic E-state index is 0. The Kier molecular flexibility index (Phi) is 38.5. The maximum atomic E-state index is 13.1. The van der Waals surface area contributed by atoms with E-state index >= 15 is 0 Å². The number of hydrogen-bond donors (Lipinski definition) is 5. The largest absolute Gasteiger partial charge is 1.00 e. The number of nitrogens with two attached hydrogens (primary N) is 1. The predicted octanol–water partition coefficient (Wildman–Crippen LogP) is 16.4. The van der Waals surface area contributed by atoms with E-state index < -0.39 is 93.3 Å². The van der Waals surface area contributed by atoms with Crippen LogP contribution < -0.4 is 40.6 Å². The van der Waals surface area contributed by atoms with Gasteiger partial charge in [0.1, 0.15) is 11.4 Å². The fraction of sp³-hybridized carbons (Fsp3) is 0.282. The van der Waals surface area contributed by atoms with Gasteiger partial charge in [0.2, 0.25) is 0 Å². The second-order valence-electron chi connectivity index (χ2n) is 23.6. The summed E-state index contributed by atoms with van der Waals surface area (Å²) >= 11 is 0. The van der Waals surface area contributed by atoms with Crippen LogP contribution in [0.4, 0.5) is 86.4 Å². The molecule has 0 bridgehead atoms. The van der Waals surface area contributed by atoms with Crippen molar-refractivity contribution in [3.05, 3.63) is 246 Å². The van der Waals surface area contributed by atoms with E-state index in [-0.39, 0.29) is 89.5 Å². The van der Waals surface area contributed by atoms with Crippen LogP contribution >= 0.6 is 0 Å². The number of H-pyrrole nitrogens is 1. The Morgan fingerprint density at radius 1 is 0.519 bits per heavy atom. The predicted molar refractivity (Wildman–Crippen MR) is 367 cm³/mol. The number of carboxylic acids is 1. The number of carbonyl (C=O) groups excluding carboxylic acids is 1. The molecule has 0 aliphatic carbocycles. The number of nitrogen functional groups attached to an aromatic ring is 1. The number of ether oxygens (including phenoxy) is 1. The first-order valence-electron chi connectivity index (χ1n) is 29.6. The summed E-state index contributed by atoms with van der Waals surface area (Å²) in [4.78, 5) is 45.1. The van der Waals surface area contributed by atoms with Gasteiger partial charge >= 0.3 is 72.5 Å². The summed E-state index contributed by atoms with van der Waals surface area (Å²) in [5.74, 6) is -2.48. The molecule has 0 unspecified atom stereocenters. The molecule has 10 aromatic rings. The molecule has 0 spiro atoms. The zero-order chi connectivity index (χ0) is 79.3. The molecule has 1 amide bonds. The second kappa shape index (κ2) is 41.9. The minimum Gasteiger partial charge on any atom is -0.870 e. The number of aromatic amines is 1. The van der Waals surface area contributed by atoms with Crippen molar-refractivity contribution in [1.82, 2.24) is 48.2 Å². The maximum Gasteiger partial charge on any atom is 1.00 e. The van der Waals surface area contributed by atoms with Crippen molar-refractivity contribution in [2.45, 2.75) is 133 Å². The number of nitrogens with zero attached hydrogens (tertiary/aromatic N) is 11. The van der Waals surface area contributed by atoms with Crippen LogP contribution in [0.5, 0.6) is 0 Å². The number of rotatable bonds is 6. The van der Waals surface area contributed by atoms with E-state index in [2.05, 4.69) is 48.4 Å². The Morgan fingerprint density at radius 3 is 1.15 bits per heavy atom. The van der Waals surface area contributed by atoms with Crippen LogP contribution in [-0.4, -0.2) is 87.1 Å². The van der Waals surface area contributed by atoms with Crippen LogP contribution in [-0.2, 0) is 35.6 Å². The van der Waals surface area contributed by atoms with E-state index in [1.165, 1.54) is 80.1 Å². The molecule has 580 valence electrons. The van der Waals surface area contributed by atoms with Crippen LogP contribution in [0, 0.1) is 63.1 Å². The Labute approximate surface area is 633 Å². The average molecular weight is 1550 g/mol. The molecule has 0 aliphatic heterocycles. The number of nitriles is 2. The van der Waals surface area contributed by atoms with E-state index in [4.69, 9.17) is 31.2 Å². The van der Waals surface area contributed by atoms with Crippen LogP contribution in [0.25, 0.3) is 22.7 Å². The first-order valence-corrected chi connectivity index (χ1v) is 29.6. The van der Waals surface area contributed by atoms with Crippen molar-refractivity contribution in [2.75, 3.05) is 11.1 Å². The van der Waals surface area contributed by atoms with Gasteiger partial charge in [-0.3, -0.25) is 5.32 Å². The minimum atomic E-state index is -4.62. The van der Waals surface area contributed by atoms with Crippen LogP contribution in [0.15, 0.2) is 167 Å². The van der Waals surface area contributed by atoms with Crippen molar-refractivity contribution in [3.63, 3.8) is 0 Å². The number of aryl methyl sites for hydroxylation is 5. The van der Waals surface area contributed by atoms with Crippen LogP contribution in [0.2, 0.25) is 0 Å². The van der Waals surface area contributed by atoms with Gasteiger partial charge < -0.3 is 49.4 Å². The van der Waals surface area contributed by atoms with E-state index in [9.17, 15) is 79.8 Å². The van der Waals surface area contributed by atoms with Crippen molar-refractivity contribution >= 4 is 23.4 Å². The third-order valence-corrected chi connectivity index (χ3v) is 12.1. The zero-order valence-electron chi connectivity index (χ0n) is 58.5. The number of halogens is 16. The number of nitrogens with one attached hydrogen (secondary N) is 2. The summed E-state index contributed by atoms with van der Waals surface area (Å²) in [6.45, 7) is 25.1. The normalized spacial score (nSPS) is 10.9. The monoisotopic (exact) mass is 1550 g/mol. The molecular formula is C71H77F16N14NaO6. The first kappa shape index (κ1) is 99.3. The summed E-state index contributed by atoms with van der Waals surface area (Å²) in [5, 5.41) is 36.7. The number of amides is 1. The Balaban J connectivity index is 0. The Hall–Kier alpha value is -10.8. The van der Waals surface area contributed by atoms with Gasteiger partial charge in [0.25, 0.3) is 0 Å². The number of aromatic nitrogens is 10. The molecule has 7 N–H and O–H groups in total. The Morgan fingerprint density at radius 2 is 0.843 bits per heavy atom. The molecule has 20 nitrogen and oxygen atoms in total. The molecule has 0 fully saturated rings. The van der Waals surface area contributed by atoms with Crippen molar-refractivity contribution < 1.29 is 130 Å². The quantitative estimate of drug-likeness (QED) is 0.0448. The standard InChI is InChI=1S/C16H18F3N3O2.C12H8F3N3.C12H9F3N2O2.C11H10F3N3.C8H3F4N.C4H6N2.C4H10O.C2H4.2CH4.Na.H2O/c1-10-8-22(9-20-10)13-6-11(16(17,18)19)5-12(7-13)21-14(23)24-15(2,3)4;1-8-6-18(7-17-8)11-3-9(5-16)2-10(4-11)12(13,14)15;1-7-5-17(6-16-7)10-3-8(11(18)19)2-9(4-10)12(13,14)15;1-7-5-17(6-16-7)10-3-8(11(12,13)14)2-9(15)4-10;9-7-2-5(4-13)1-6(3-7)8(10,11)12;1-4-2-5-3-6-4;1-4(2,3)5;1-2;;;;/h5-9H,1-4H3,(H,21,23);2-4,6-7H,1H3;2-6H,1H3,(H,18,19);2-6H,15H2,1H3;1-3H;2-3H,1H3,(H,5,6);5H,1-3H3;1-2H2;2*1H4;;1H2/q;;;;;;;;;;+1;/p-1. The topological polar surface area (TPSA) is 299 Å². The zero-order valence-corrected chi connectivity index (χ0v) is 60.5. The molecule has 108 heavy (non-hydrogen) atoms. The molecular weight excluding hydrogens is 1470 g/mol. The number of alkyl halides is 15. The van der Waals surface area contributed by atoms with Gasteiger partial charge in [0, 0.05) is 70.8 Å². The summed E-state index contributed by atoms with van der Waals surface area (Å²) < 4.78 is 213. The maximum absolute atomic E-state index is 13.1. The van der Waals surface area contributed by atoms with Gasteiger partial charge in [-0.05, 0) is 167 Å². The van der Waals surface area contributed by atoms with E-state index in [1.807, 2.05) is 6.92 Å². The number of aromatic carboxylic acids is 1. The van der Waals surface area contributed by atoms with Crippen molar-refractivity contribution in [1.29, 1.82) is 10.5 Å². The van der Waals surface area contributed by atoms with Gasteiger partial charge in [-0.25, -0.2) is 38.9 Å². The number of anilines is 2. The number of hydrogen-bond acceptors (Lipinski definition) is 13. The molecule has 0 aliphatic rings. The molecule has 37 heteroatoms. The number of carboxylic acid groups (broad SMARTS) is 1. The molecule has 5 aromatic heterocycles. The van der Waals surface area contributed by atoms with Crippen LogP contribution in [0.1, 0.15) is 134 Å². The first-order chi connectivity index (χ1) is 47.8. The molecule has 0 radical (unpaired) electrons. The van der Waals surface area contributed by atoms with E-state index in [0.717, 1.165) is 59.9 Å². The van der Waals surface area contributed by atoms with Gasteiger partial charge in [-0.1, -0.05) is 14.9 Å². The van der Waals surface area contributed by atoms with Gasteiger partial charge in [0.15, 0.2) is 0 Å². The molecule has 5 heterocycles. The SMILES string of the molecule is C.C.C=C.CC(C)(C)O.Cc1cn(-c2cc(C#N)cc(C(F)(F)F)c2)cn1.Cc1cn(-c2cc(C(=O)O)cc(C(F)(F)F)c2)cn1.Cc1cn(-c2cc(N)cc(C(F)(F)F)c2)cn1.Cc1cn(-c2cc(NC(=O)OC(C)(C)C)cc(C(F)(F)F)c2)cn1.Cc1cnc[nH]1.N#Cc1cc(F)cc(C(F)(F)F)c1.[Na+].[OH-]. The molecule has 0 saturated carbocycles. The van der Waals surface area contributed by atoms with Gasteiger partial charge in [-0.2, -0.15) is 76.4 Å². The second-order valence-corrected chi connectivity index (χ2v) is 23.6. The third-order valence-electron chi connectivity index (χ3n) is 12.1. The van der Waals surface area contributed by atoms with E-state index in [1.54, 1.807) is 106 Å². The van der Waals surface area contributed by atoms with Crippen molar-refractivity contribution in [3.8, 4) is 34.9 Å². The fourth-order valence-corrected chi connectivity index (χ4v) is 7.79. The number of benzene rings is 5. The fourth-order valence-electron chi connectivity index (χ4n) is 7.79. The molecule has 0 saturated heterocycles. The van der Waals surface area contributed by atoms with Gasteiger partial charge in [0.05, 0.1) is 117 Å². The summed E-state index contributed by atoms with van der Waals surface area (Å²) in [5.41, 5.74) is 3.58. The molecule has 5 aromatic carbocycles. The molecule has 0 atom stereocenters. The Bertz CT molecular complexity index is 4540. The third kappa shape index (κ3) is 35.1. The number of aliphatic hydroxyl groups is 1. The summed E-state index contributed by atoms with van der Waals surface area (Å²) in [6.07, 6.45) is -8.10. The number of carbonyl (C=O) groups is 2. The molecule has 10 rings (SSSR count).